The van der Waals surface area contributed by atoms with Gasteiger partial charge >= 0.3 is 0 Å². The zero-order valence-electron chi connectivity index (χ0n) is 14.8. The zero-order chi connectivity index (χ0) is 19.5. The summed E-state index contributed by atoms with van der Waals surface area (Å²) in [5, 5.41) is 6.64. The minimum atomic E-state index is -0.810. The average molecular weight is 405 g/mol. The predicted molar refractivity (Wildman–Crippen MR) is 96.9 cm³/mol. The fraction of sp³-hybridized carbons (Fsp3) is 0.316. The lowest BCUT2D eigenvalue weighted by Crippen LogP contribution is -2.38. The molecule has 9 heteroatoms. The molecule has 146 valence electrons. The second-order valence-corrected chi connectivity index (χ2v) is 7.35. The summed E-state index contributed by atoms with van der Waals surface area (Å²) in [5.41, 5.74) is 0.168. The van der Waals surface area contributed by atoms with Crippen LogP contribution in [0.4, 0.5) is 8.78 Å². The maximum atomic E-state index is 13.6. The number of thiazole rings is 1. The SMILES string of the molecule is O=C(c1cc(COc2ccc(F)cc2F)on1)N1CCCC[C@@H]1c1nccs1. The number of rotatable bonds is 5. The highest BCUT2D eigenvalue weighted by molar-refractivity contribution is 7.09. The van der Waals surface area contributed by atoms with E-state index in [0.717, 1.165) is 36.4 Å². The van der Waals surface area contributed by atoms with E-state index in [1.54, 1.807) is 11.1 Å². The third-order valence-corrected chi connectivity index (χ3v) is 5.42. The quantitative estimate of drug-likeness (QED) is 0.631. The fourth-order valence-electron chi connectivity index (χ4n) is 3.20. The van der Waals surface area contributed by atoms with Gasteiger partial charge in [-0.2, -0.15) is 0 Å². The van der Waals surface area contributed by atoms with E-state index < -0.39 is 11.6 Å². The van der Waals surface area contributed by atoms with Gasteiger partial charge in [-0.15, -0.1) is 11.3 Å². The number of carbonyl (C=O) groups excluding carboxylic acids is 1. The molecule has 6 nitrogen and oxygen atoms in total. The van der Waals surface area contributed by atoms with Gasteiger partial charge in [0.15, 0.2) is 23.0 Å². The Balaban J connectivity index is 1.45. The van der Waals surface area contributed by atoms with Crippen molar-refractivity contribution in [2.45, 2.75) is 31.9 Å². The lowest BCUT2D eigenvalue weighted by molar-refractivity contribution is 0.0600. The van der Waals surface area contributed by atoms with Gasteiger partial charge in [-0.3, -0.25) is 4.79 Å². The van der Waals surface area contributed by atoms with E-state index in [9.17, 15) is 13.6 Å². The lowest BCUT2D eigenvalue weighted by atomic mass is 10.0. The van der Waals surface area contributed by atoms with Crippen LogP contribution in [0.15, 0.2) is 40.4 Å². The molecule has 1 amide bonds. The molecule has 3 aromatic rings. The van der Waals surface area contributed by atoms with Gasteiger partial charge in [0.05, 0.1) is 6.04 Å². The minimum absolute atomic E-state index is 0.0639. The topological polar surface area (TPSA) is 68.5 Å². The first-order valence-electron chi connectivity index (χ1n) is 8.85. The van der Waals surface area contributed by atoms with Crippen LogP contribution in [0.1, 0.15) is 46.6 Å². The average Bonchev–Trinajstić information content (AvgIpc) is 3.39. The van der Waals surface area contributed by atoms with Crippen LogP contribution < -0.4 is 4.74 Å². The first-order chi connectivity index (χ1) is 13.6. The van der Waals surface area contributed by atoms with Crippen molar-refractivity contribution in [3.8, 4) is 5.75 Å². The van der Waals surface area contributed by atoms with E-state index in [4.69, 9.17) is 9.26 Å². The zero-order valence-corrected chi connectivity index (χ0v) is 15.6. The molecule has 0 bridgehead atoms. The van der Waals surface area contributed by atoms with Crippen molar-refractivity contribution < 1.29 is 22.8 Å². The molecule has 0 unspecified atom stereocenters. The highest BCUT2D eigenvalue weighted by Gasteiger charge is 2.31. The molecule has 1 aromatic carbocycles. The van der Waals surface area contributed by atoms with Gasteiger partial charge in [0.25, 0.3) is 5.91 Å². The standard InChI is InChI=1S/C19H17F2N3O3S/c20-12-4-5-17(14(21)9-12)26-11-13-10-15(23-27-13)19(25)24-7-2-1-3-16(24)18-22-6-8-28-18/h4-6,8-10,16H,1-3,7,11H2/t16-/m1/s1. The van der Waals surface area contributed by atoms with Crippen LogP contribution in [0, 0.1) is 11.6 Å². The van der Waals surface area contributed by atoms with E-state index in [-0.39, 0.29) is 35.8 Å². The summed E-state index contributed by atoms with van der Waals surface area (Å²) in [7, 11) is 0. The van der Waals surface area contributed by atoms with E-state index >= 15 is 0 Å². The molecule has 2 aromatic heterocycles. The molecule has 1 saturated heterocycles. The Hall–Kier alpha value is -2.81. The summed E-state index contributed by atoms with van der Waals surface area (Å²) in [6.07, 6.45) is 4.55. The molecule has 1 aliphatic heterocycles. The van der Waals surface area contributed by atoms with Crippen LogP contribution in [0.2, 0.25) is 0 Å². The number of hydrogen-bond acceptors (Lipinski definition) is 6. The Labute approximate surface area is 163 Å². The normalized spacial score (nSPS) is 16.9. The molecule has 1 aliphatic rings. The Morgan fingerprint density at radius 2 is 2.21 bits per heavy atom. The van der Waals surface area contributed by atoms with Crippen LogP contribution in [0.5, 0.6) is 5.75 Å². The van der Waals surface area contributed by atoms with E-state index in [1.165, 1.54) is 23.5 Å². The van der Waals surface area contributed by atoms with Crippen molar-refractivity contribution in [2.75, 3.05) is 6.54 Å². The number of piperidine rings is 1. The number of likely N-dealkylation sites (tertiary alicyclic amines) is 1. The number of carbonyl (C=O) groups is 1. The number of ether oxygens (including phenoxy) is 1. The Kier molecular flexibility index (Phi) is 5.34. The smallest absolute Gasteiger partial charge is 0.276 e. The maximum Gasteiger partial charge on any atom is 0.276 e. The molecule has 3 heterocycles. The number of aromatic nitrogens is 2. The molecule has 0 saturated carbocycles. The number of amides is 1. The molecule has 4 rings (SSSR count). The van der Waals surface area contributed by atoms with Crippen molar-refractivity contribution in [3.05, 3.63) is 63.9 Å². The van der Waals surface area contributed by atoms with Crippen LogP contribution >= 0.6 is 11.3 Å². The molecular formula is C19H17F2N3O3S. The van der Waals surface area contributed by atoms with Crippen molar-refractivity contribution >= 4 is 17.2 Å². The molecule has 0 spiro atoms. The highest BCUT2D eigenvalue weighted by atomic mass is 32.1. The predicted octanol–water partition coefficient (Wildman–Crippen LogP) is 4.36. The Morgan fingerprint density at radius 3 is 3.00 bits per heavy atom. The van der Waals surface area contributed by atoms with Crippen LogP contribution in [0.3, 0.4) is 0 Å². The molecule has 0 N–H and O–H groups in total. The van der Waals surface area contributed by atoms with Crippen LogP contribution in [-0.2, 0) is 6.61 Å². The third kappa shape index (κ3) is 3.89. The van der Waals surface area contributed by atoms with Crippen molar-refractivity contribution in [1.82, 2.24) is 15.0 Å². The summed E-state index contributed by atoms with van der Waals surface area (Å²) < 4.78 is 37.0. The minimum Gasteiger partial charge on any atom is -0.482 e. The van der Waals surface area contributed by atoms with Gasteiger partial charge in [-0.05, 0) is 31.4 Å². The molecule has 0 radical (unpaired) electrons. The molecule has 1 atom stereocenters. The summed E-state index contributed by atoms with van der Waals surface area (Å²) in [6.45, 7) is 0.501. The van der Waals surface area contributed by atoms with Gasteiger partial charge in [0, 0.05) is 30.3 Å². The molecular weight excluding hydrogens is 388 g/mol. The summed E-state index contributed by atoms with van der Waals surface area (Å²) in [5.74, 6) is -1.56. The monoisotopic (exact) mass is 405 g/mol. The maximum absolute atomic E-state index is 13.6. The fourth-order valence-corrected chi connectivity index (χ4v) is 3.99. The second-order valence-electron chi connectivity index (χ2n) is 6.42. The number of nitrogens with zero attached hydrogens (tertiary/aromatic N) is 3. The largest absolute Gasteiger partial charge is 0.482 e. The van der Waals surface area contributed by atoms with Gasteiger partial charge in [0.1, 0.15) is 17.4 Å². The van der Waals surface area contributed by atoms with Crippen LogP contribution in [0.25, 0.3) is 0 Å². The number of benzene rings is 1. The summed E-state index contributed by atoms with van der Waals surface area (Å²) >= 11 is 1.53. The third-order valence-electron chi connectivity index (χ3n) is 4.54. The Bertz CT molecular complexity index is 961. The van der Waals surface area contributed by atoms with Gasteiger partial charge in [-0.1, -0.05) is 5.16 Å². The summed E-state index contributed by atoms with van der Waals surface area (Å²) in [4.78, 5) is 19.0. The number of hydrogen-bond donors (Lipinski definition) is 0. The number of halogens is 2. The van der Waals surface area contributed by atoms with E-state index in [2.05, 4.69) is 10.1 Å². The van der Waals surface area contributed by atoms with E-state index in [0.29, 0.717) is 6.54 Å². The van der Waals surface area contributed by atoms with Crippen molar-refractivity contribution in [3.63, 3.8) is 0 Å². The van der Waals surface area contributed by atoms with Gasteiger partial charge in [-0.25, -0.2) is 13.8 Å². The van der Waals surface area contributed by atoms with Gasteiger partial charge < -0.3 is 14.2 Å². The Morgan fingerprint density at radius 1 is 1.32 bits per heavy atom. The first-order valence-corrected chi connectivity index (χ1v) is 9.73. The van der Waals surface area contributed by atoms with Crippen molar-refractivity contribution in [2.24, 2.45) is 0 Å². The molecule has 28 heavy (non-hydrogen) atoms. The molecule has 0 aliphatic carbocycles. The first kappa shape index (κ1) is 18.5. The van der Waals surface area contributed by atoms with Crippen molar-refractivity contribution in [1.29, 1.82) is 0 Å². The lowest BCUT2D eigenvalue weighted by Gasteiger charge is -2.33. The van der Waals surface area contributed by atoms with Gasteiger partial charge in [0.2, 0.25) is 0 Å². The summed E-state index contributed by atoms with van der Waals surface area (Å²) in [6, 6.07) is 4.45. The second kappa shape index (κ2) is 8.05. The highest BCUT2D eigenvalue weighted by Crippen LogP contribution is 2.33. The van der Waals surface area contributed by atoms with Crippen LogP contribution in [-0.4, -0.2) is 27.5 Å². The molecule has 1 fully saturated rings. The van der Waals surface area contributed by atoms with E-state index in [1.807, 2.05) is 5.38 Å².